The SMILES string of the molecule is C.C1CCOC1.CC(=O)C1CN(C(=O)OC(C)(C)C)C1.CC(C)(C)OC(=O)N1CC(C(=O)O)C1.CNOC.CON(C)C(=O)C1CN(C(=O)OC(C)(C)C)C1.[2H]CC.[2H]CI.[Br-].[CH3-].[Mg+2]. The van der Waals surface area contributed by atoms with Crippen molar-refractivity contribution in [3.05, 3.63) is 7.43 Å². The molecule has 366 valence electrons. The van der Waals surface area contributed by atoms with Crippen molar-refractivity contribution in [2.45, 2.75) is 120 Å². The first-order valence-corrected chi connectivity index (χ1v) is 20.5. The van der Waals surface area contributed by atoms with Crippen molar-refractivity contribution in [3.8, 4) is 0 Å². The van der Waals surface area contributed by atoms with E-state index in [0.717, 1.165) is 13.2 Å². The molecule has 4 fully saturated rings. The number of carboxylic acids is 1. The molecule has 62 heavy (non-hydrogen) atoms. The van der Waals surface area contributed by atoms with Crippen LogP contribution in [0.2, 0.25) is 0 Å². The second kappa shape index (κ2) is 38.5. The Kier molecular flexibility index (Phi) is 43.0. The van der Waals surface area contributed by atoms with Gasteiger partial charge in [0.1, 0.15) is 22.6 Å². The van der Waals surface area contributed by atoms with E-state index >= 15 is 0 Å². The van der Waals surface area contributed by atoms with Crippen molar-refractivity contribution in [3.63, 3.8) is 0 Å². The summed E-state index contributed by atoms with van der Waals surface area (Å²) in [6, 6.07) is 0. The summed E-state index contributed by atoms with van der Waals surface area (Å²) >= 11 is 1.96. The maximum atomic E-state index is 11.6. The predicted molar refractivity (Wildman–Crippen MR) is 248 cm³/mol. The normalized spacial score (nSPS) is 15.5. The van der Waals surface area contributed by atoms with Crippen LogP contribution in [0.25, 0.3) is 0 Å². The molecule has 4 amide bonds. The maximum absolute atomic E-state index is 11.6. The molecule has 0 atom stereocenters. The van der Waals surface area contributed by atoms with Crippen LogP contribution < -0.4 is 22.5 Å². The first-order valence-electron chi connectivity index (χ1n) is 20.4. The van der Waals surface area contributed by atoms with E-state index in [1.807, 2.05) is 64.1 Å². The van der Waals surface area contributed by atoms with Crippen LogP contribution in [0, 0.1) is 25.2 Å². The molecular formula is C41H83BrIMgN5O13. The van der Waals surface area contributed by atoms with Crippen molar-refractivity contribution in [2.75, 3.05) is 85.7 Å². The minimum atomic E-state index is -0.857. The number of Topliss-reactive ketones (excluding diaryl/α,β-unsaturated/α-hetero) is 1. The number of hydrogen-bond acceptors (Lipinski definition) is 13. The molecular weight excluding hydrogens is 1000 g/mol. The molecule has 0 bridgehead atoms. The molecule has 4 aliphatic heterocycles. The predicted octanol–water partition coefficient (Wildman–Crippen LogP) is 3.60. The Bertz CT molecular complexity index is 1190. The van der Waals surface area contributed by atoms with Crippen molar-refractivity contribution in [2.24, 2.45) is 17.8 Å². The van der Waals surface area contributed by atoms with Gasteiger partial charge in [-0.3, -0.25) is 19.2 Å². The van der Waals surface area contributed by atoms with Crippen LogP contribution in [-0.2, 0) is 43.0 Å². The van der Waals surface area contributed by atoms with Gasteiger partial charge in [0.05, 0.1) is 32.0 Å². The van der Waals surface area contributed by atoms with E-state index in [4.69, 9.17) is 31.6 Å². The van der Waals surface area contributed by atoms with Gasteiger partial charge >= 0.3 is 47.3 Å². The molecule has 2 N–H and O–H groups in total. The smallest absolute Gasteiger partial charge is 1.00 e. The summed E-state index contributed by atoms with van der Waals surface area (Å²) in [5.41, 5.74) is 0.944. The number of hydroxylamine groups is 3. The Labute approximate surface area is 417 Å². The van der Waals surface area contributed by atoms with Crippen molar-refractivity contribution < 1.29 is 82.2 Å². The Morgan fingerprint density at radius 1 is 0.742 bits per heavy atom. The van der Waals surface area contributed by atoms with Gasteiger partial charge in [0, 0.05) is 69.3 Å². The largest absolute Gasteiger partial charge is 2.00 e. The molecule has 4 rings (SSSR count). The molecule has 4 aliphatic rings. The zero-order chi connectivity index (χ0) is 47.4. The van der Waals surface area contributed by atoms with Crippen LogP contribution in [0.3, 0.4) is 0 Å². The third-order valence-corrected chi connectivity index (χ3v) is 7.49. The minimum absolute atomic E-state index is 0. The number of amides is 4. The maximum Gasteiger partial charge on any atom is 2.00 e. The number of ether oxygens (including phenoxy) is 4. The van der Waals surface area contributed by atoms with E-state index in [0.29, 0.717) is 38.0 Å². The van der Waals surface area contributed by atoms with Gasteiger partial charge in [0.15, 0.2) is 0 Å². The number of carbonyl (C=O) groups excluding carboxylic acids is 5. The van der Waals surface area contributed by atoms with Gasteiger partial charge in [0.25, 0.3) is 5.91 Å². The molecule has 0 aromatic heterocycles. The van der Waals surface area contributed by atoms with E-state index in [1.54, 1.807) is 60.7 Å². The van der Waals surface area contributed by atoms with Crippen LogP contribution >= 0.6 is 22.6 Å². The quantitative estimate of drug-likeness (QED) is 0.101. The second-order valence-electron chi connectivity index (χ2n) is 15.9. The van der Waals surface area contributed by atoms with Gasteiger partial charge in [-0.1, -0.05) is 43.8 Å². The van der Waals surface area contributed by atoms with Crippen molar-refractivity contribution >= 4 is 81.6 Å². The number of ketones is 1. The number of nitrogens with one attached hydrogen (secondary N) is 1. The summed E-state index contributed by atoms with van der Waals surface area (Å²) in [7, 11) is 6.26. The number of halogens is 2. The number of aliphatic carboxylic acids is 1. The van der Waals surface area contributed by atoms with Gasteiger partial charge in [-0.2, -0.15) is 0 Å². The summed E-state index contributed by atoms with van der Waals surface area (Å²) in [5.74, 6) is -1.43. The van der Waals surface area contributed by atoms with Gasteiger partial charge in [-0.05, 0) is 87.0 Å². The third-order valence-electron chi connectivity index (χ3n) is 7.49. The Hall–Kier alpha value is -1.76. The first-order chi connectivity index (χ1) is 27.6. The number of carboxylic acid groups (broad SMARTS) is 1. The van der Waals surface area contributed by atoms with E-state index in [1.165, 1.54) is 34.8 Å². The van der Waals surface area contributed by atoms with Crippen LogP contribution in [0.15, 0.2) is 0 Å². The molecule has 21 heteroatoms. The minimum Gasteiger partial charge on any atom is -1.00 e. The fraction of sp³-hybridized carbons (Fsp3) is 0.829. The van der Waals surface area contributed by atoms with Gasteiger partial charge in [0.2, 0.25) is 0 Å². The molecule has 18 nitrogen and oxygen atoms in total. The zero-order valence-corrected chi connectivity index (χ0v) is 45.0. The molecule has 0 spiro atoms. The molecule has 0 aromatic rings. The van der Waals surface area contributed by atoms with Crippen LogP contribution in [0.1, 0.15) is 106 Å². The zero-order valence-electron chi connectivity index (χ0n) is 41.8. The van der Waals surface area contributed by atoms with E-state index in [-0.39, 0.29) is 104 Å². The van der Waals surface area contributed by atoms with Crippen LogP contribution in [0.5, 0.6) is 0 Å². The Balaban J connectivity index is -0.000000128. The molecule has 0 aliphatic carbocycles. The van der Waals surface area contributed by atoms with Crippen molar-refractivity contribution in [1.82, 2.24) is 25.2 Å². The number of hydrogen-bond donors (Lipinski definition) is 2. The van der Waals surface area contributed by atoms with Gasteiger partial charge in [-0.25, -0.2) is 24.9 Å². The van der Waals surface area contributed by atoms with Crippen LogP contribution in [0.4, 0.5) is 14.4 Å². The standard InChI is InChI=1S/C11H20N2O4.C10H17NO3.C9H15NO4.C4H8O.C2H7NO.C2H6.CH3I.CH4.CH3.BrH.Mg/c1-11(2,3)17-10(15)13-6-8(7-13)9(14)12(4)16-5;1-7(12)8-5-11(6-8)9(13)14-10(2,3)4;1-9(2,3)14-8(13)10-4-6(5-10)7(11)12;1-2-4-5-3-1;1-3-4-2;2*1-2;;;;/h8H,6-7H2,1-5H3;8H,5-6H2,1-4H3;6H,4-5H2,1-3H3,(H,11,12);1-4H2;3H,1-2H3;1-2H3;1H3;1H4;1H3;1H;/q;;;;;;;;-1;;+2/p-1/i;;;;;2*1D;;;;. The van der Waals surface area contributed by atoms with E-state index < -0.39 is 34.8 Å². The summed E-state index contributed by atoms with van der Waals surface area (Å²) < 4.78 is 32.7. The topological polar surface area (TPSA) is 203 Å². The summed E-state index contributed by atoms with van der Waals surface area (Å²) in [4.78, 5) is 81.3. The molecule has 0 saturated carbocycles. The number of nitrogens with zero attached hydrogens (tertiary/aromatic N) is 4. The molecule has 0 unspecified atom stereocenters. The van der Waals surface area contributed by atoms with E-state index in [2.05, 4.69) is 10.3 Å². The molecule has 4 heterocycles. The number of rotatable bonds is 5. The van der Waals surface area contributed by atoms with Crippen LogP contribution in [-0.4, -0.2) is 186 Å². The molecule has 0 radical (unpaired) electrons. The fourth-order valence-corrected chi connectivity index (χ4v) is 4.29. The molecule has 0 aromatic carbocycles. The number of likely N-dealkylation sites (tertiary alicyclic amines) is 3. The Morgan fingerprint density at radius 2 is 1.02 bits per heavy atom. The average Bonchev–Trinajstić information content (AvgIpc) is 3.61. The monoisotopic (exact) mass is 1090 g/mol. The second-order valence-corrected chi connectivity index (χ2v) is 15.9. The average molecular weight is 1090 g/mol. The summed E-state index contributed by atoms with van der Waals surface area (Å²) in [5, 5.41) is 9.76. The van der Waals surface area contributed by atoms with E-state index in [9.17, 15) is 28.8 Å². The fourth-order valence-electron chi connectivity index (χ4n) is 4.29. The van der Waals surface area contributed by atoms with Gasteiger partial charge < -0.3 is 68.0 Å². The first kappa shape index (κ1) is 69.3. The van der Waals surface area contributed by atoms with Gasteiger partial charge in [-0.15, -0.1) is 0 Å². The number of alkyl halides is 1. The summed E-state index contributed by atoms with van der Waals surface area (Å²) in [6.45, 7) is 24.4. The third kappa shape index (κ3) is 35.6. The summed E-state index contributed by atoms with van der Waals surface area (Å²) in [6.07, 6.45) is 1.42. The van der Waals surface area contributed by atoms with Crippen molar-refractivity contribution in [1.29, 1.82) is 0 Å². The molecule has 4 saturated heterocycles. The Morgan fingerprint density at radius 3 is 1.21 bits per heavy atom. The number of carbonyl (C=O) groups is 6.